The van der Waals surface area contributed by atoms with Crippen LogP contribution in [0.4, 0.5) is 0 Å². The van der Waals surface area contributed by atoms with E-state index in [-0.39, 0.29) is 17.5 Å². The van der Waals surface area contributed by atoms with Gasteiger partial charge in [-0.15, -0.1) is 0 Å². The predicted molar refractivity (Wildman–Crippen MR) is 97.6 cm³/mol. The number of nitrogens with zero attached hydrogens (tertiary/aromatic N) is 1. The third-order valence-electron chi connectivity index (χ3n) is 5.03. The summed E-state index contributed by atoms with van der Waals surface area (Å²) in [5.74, 6) is 0.146. The van der Waals surface area contributed by atoms with Crippen LogP contribution in [0.2, 0.25) is 0 Å². The van der Waals surface area contributed by atoms with Gasteiger partial charge in [-0.05, 0) is 38.8 Å². The molecule has 1 fully saturated rings. The SMILES string of the molecule is C[C@@H](c1ccccc1)N1C[C@](C)(c2ccccc2)NC(C)(C)C1=O. The standard InChI is InChI=1S/C21H26N2O/c1-16(17-11-7-5-8-12-17)23-15-21(4,18-13-9-6-10-14-18)22-20(2,3)19(23)24/h5-14,16,22H,15H2,1-4H3/t16-,21+/m0/s1. The Bertz CT molecular complexity index is 711. The summed E-state index contributed by atoms with van der Waals surface area (Å²) < 4.78 is 0. The summed E-state index contributed by atoms with van der Waals surface area (Å²) in [6, 6.07) is 20.7. The van der Waals surface area contributed by atoms with Crippen LogP contribution in [0.25, 0.3) is 0 Å². The van der Waals surface area contributed by atoms with Gasteiger partial charge < -0.3 is 4.90 Å². The average molecular weight is 322 g/mol. The second-order valence-corrected chi connectivity index (χ2v) is 7.47. The fourth-order valence-electron chi connectivity index (χ4n) is 3.75. The minimum absolute atomic E-state index is 0.0445. The summed E-state index contributed by atoms with van der Waals surface area (Å²) in [4.78, 5) is 15.1. The van der Waals surface area contributed by atoms with E-state index >= 15 is 0 Å². The number of hydrogen-bond donors (Lipinski definition) is 1. The molecule has 2 atom stereocenters. The first-order valence-corrected chi connectivity index (χ1v) is 8.54. The summed E-state index contributed by atoms with van der Waals surface area (Å²) >= 11 is 0. The molecule has 2 aromatic carbocycles. The van der Waals surface area contributed by atoms with Gasteiger partial charge in [0.25, 0.3) is 0 Å². The lowest BCUT2D eigenvalue weighted by molar-refractivity contribution is -0.147. The first-order valence-electron chi connectivity index (χ1n) is 8.54. The number of carbonyl (C=O) groups excluding carboxylic acids is 1. The van der Waals surface area contributed by atoms with Gasteiger partial charge in [-0.25, -0.2) is 0 Å². The van der Waals surface area contributed by atoms with Gasteiger partial charge >= 0.3 is 0 Å². The van der Waals surface area contributed by atoms with Crippen molar-refractivity contribution in [2.24, 2.45) is 0 Å². The average Bonchev–Trinajstić information content (AvgIpc) is 2.59. The Labute approximate surface area is 144 Å². The van der Waals surface area contributed by atoms with Crippen molar-refractivity contribution in [3.05, 3.63) is 71.8 Å². The first-order chi connectivity index (χ1) is 11.3. The zero-order valence-electron chi connectivity index (χ0n) is 14.9. The van der Waals surface area contributed by atoms with E-state index in [0.29, 0.717) is 6.54 Å². The molecule has 0 bridgehead atoms. The summed E-state index contributed by atoms with van der Waals surface area (Å²) in [5, 5.41) is 3.58. The Morgan fingerprint density at radius 3 is 2.08 bits per heavy atom. The Morgan fingerprint density at radius 2 is 1.50 bits per heavy atom. The van der Waals surface area contributed by atoms with Gasteiger partial charge in [-0.3, -0.25) is 10.1 Å². The summed E-state index contributed by atoms with van der Waals surface area (Å²) in [7, 11) is 0. The van der Waals surface area contributed by atoms with Crippen LogP contribution < -0.4 is 5.32 Å². The molecule has 3 nitrogen and oxygen atoms in total. The second kappa shape index (κ2) is 6.06. The summed E-state index contributed by atoms with van der Waals surface area (Å²) in [5.41, 5.74) is 1.49. The van der Waals surface area contributed by atoms with E-state index in [1.165, 1.54) is 11.1 Å². The molecular formula is C21H26N2O. The minimum atomic E-state index is -0.605. The molecule has 0 saturated carbocycles. The molecular weight excluding hydrogens is 296 g/mol. The highest BCUT2D eigenvalue weighted by atomic mass is 16.2. The molecule has 2 aromatic rings. The van der Waals surface area contributed by atoms with Crippen LogP contribution in [-0.4, -0.2) is 22.9 Å². The molecule has 3 rings (SSSR count). The first kappa shape index (κ1) is 16.7. The third kappa shape index (κ3) is 2.96. The summed E-state index contributed by atoms with van der Waals surface area (Å²) in [6.07, 6.45) is 0. The molecule has 1 saturated heterocycles. The number of hydrogen-bond acceptors (Lipinski definition) is 2. The van der Waals surface area contributed by atoms with Gasteiger partial charge in [0, 0.05) is 6.54 Å². The molecule has 0 spiro atoms. The molecule has 0 unspecified atom stereocenters. The molecule has 1 N–H and O–H groups in total. The van der Waals surface area contributed by atoms with Crippen molar-refractivity contribution in [3.8, 4) is 0 Å². The van der Waals surface area contributed by atoms with Crippen molar-refractivity contribution in [1.82, 2.24) is 10.2 Å². The van der Waals surface area contributed by atoms with Gasteiger partial charge in [0.15, 0.2) is 0 Å². The lowest BCUT2D eigenvalue weighted by atomic mass is 9.83. The number of nitrogens with one attached hydrogen (secondary N) is 1. The molecule has 126 valence electrons. The Balaban J connectivity index is 1.98. The highest BCUT2D eigenvalue weighted by Crippen LogP contribution is 2.35. The van der Waals surface area contributed by atoms with Crippen LogP contribution in [0, 0.1) is 0 Å². The van der Waals surface area contributed by atoms with Crippen LogP contribution in [0.5, 0.6) is 0 Å². The van der Waals surface area contributed by atoms with Crippen LogP contribution >= 0.6 is 0 Å². The lowest BCUT2D eigenvalue weighted by Crippen LogP contribution is -2.69. The zero-order chi connectivity index (χ0) is 17.4. The fraction of sp³-hybridized carbons (Fsp3) is 0.381. The van der Waals surface area contributed by atoms with E-state index in [0.717, 1.165) is 0 Å². The molecule has 1 aliphatic heterocycles. The Hall–Kier alpha value is -2.13. The van der Waals surface area contributed by atoms with E-state index in [9.17, 15) is 4.79 Å². The maximum absolute atomic E-state index is 13.0. The van der Waals surface area contributed by atoms with Crippen LogP contribution in [-0.2, 0) is 10.3 Å². The quantitative estimate of drug-likeness (QED) is 0.930. The number of rotatable bonds is 3. The molecule has 1 aliphatic rings. The van der Waals surface area contributed by atoms with Crippen molar-refractivity contribution >= 4 is 5.91 Å². The molecule has 1 amide bonds. The Kier molecular flexibility index (Phi) is 4.22. The van der Waals surface area contributed by atoms with Crippen molar-refractivity contribution < 1.29 is 4.79 Å². The normalized spacial score (nSPS) is 24.7. The minimum Gasteiger partial charge on any atom is -0.332 e. The highest BCUT2D eigenvalue weighted by molar-refractivity contribution is 5.87. The number of piperazine rings is 1. The summed E-state index contributed by atoms with van der Waals surface area (Å²) in [6.45, 7) is 8.89. The van der Waals surface area contributed by atoms with Crippen LogP contribution in [0.1, 0.15) is 44.9 Å². The number of benzene rings is 2. The predicted octanol–water partition coefficient (Wildman–Crippen LogP) is 3.87. The van der Waals surface area contributed by atoms with E-state index < -0.39 is 5.54 Å². The van der Waals surface area contributed by atoms with Crippen molar-refractivity contribution in [2.75, 3.05) is 6.54 Å². The van der Waals surface area contributed by atoms with Gasteiger partial charge in [0.05, 0.1) is 17.1 Å². The van der Waals surface area contributed by atoms with E-state index in [2.05, 4.69) is 55.6 Å². The zero-order valence-corrected chi connectivity index (χ0v) is 14.9. The topological polar surface area (TPSA) is 32.3 Å². The van der Waals surface area contributed by atoms with E-state index in [1.807, 2.05) is 43.0 Å². The van der Waals surface area contributed by atoms with Gasteiger partial charge in [0.2, 0.25) is 5.91 Å². The van der Waals surface area contributed by atoms with E-state index in [1.54, 1.807) is 0 Å². The molecule has 3 heteroatoms. The largest absolute Gasteiger partial charge is 0.332 e. The Morgan fingerprint density at radius 1 is 0.958 bits per heavy atom. The van der Waals surface area contributed by atoms with Crippen LogP contribution in [0.15, 0.2) is 60.7 Å². The van der Waals surface area contributed by atoms with Crippen molar-refractivity contribution in [1.29, 1.82) is 0 Å². The molecule has 24 heavy (non-hydrogen) atoms. The monoisotopic (exact) mass is 322 g/mol. The maximum atomic E-state index is 13.0. The van der Waals surface area contributed by atoms with E-state index in [4.69, 9.17) is 0 Å². The molecule has 0 aliphatic carbocycles. The van der Waals surface area contributed by atoms with Crippen LogP contribution in [0.3, 0.4) is 0 Å². The number of carbonyl (C=O) groups is 1. The fourth-order valence-corrected chi connectivity index (χ4v) is 3.75. The second-order valence-electron chi connectivity index (χ2n) is 7.47. The third-order valence-corrected chi connectivity index (χ3v) is 5.03. The van der Waals surface area contributed by atoms with Gasteiger partial charge in [-0.1, -0.05) is 60.7 Å². The van der Waals surface area contributed by atoms with Crippen molar-refractivity contribution in [2.45, 2.75) is 44.8 Å². The molecule has 0 aromatic heterocycles. The van der Waals surface area contributed by atoms with Gasteiger partial charge in [0.1, 0.15) is 0 Å². The lowest BCUT2D eigenvalue weighted by Gasteiger charge is -2.51. The highest BCUT2D eigenvalue weighted by Gasteiger charge is 2.47. The van der Waals surface area contributed by atoms with Gasteiger partial charge in [-0.2, -0.15) is 0 Å². The molecule has 1 heterocycles. The maximum Gasteiger partial charge on any atom is 0.242 e. The number of amides is 1. The molecule has 0 radical (unpaired) electrons. The smallest absolute Gasteiger partial charge is 0.242 e. The van der Waals surface area contributed by atoms with Crippen molar-refractivity contribution in [3.63, 3.8) is 0 Å².